The Balaban J connectivity index is 1.12. The maximum atomic E-state index is 10.7. The smallest absolute Gasteiger partial charge is 0.180 e. The molecule has 0 aliphatic carbocycles. The molecule has 0 bridgehead atoms. The third-order valence-corrected chi connectivity index (χ3v) is 18.1. The van der Waals surface area contributed by atoms with Crippen molar-refractivity contribution in [2.24, 2.45) is 0 Å². The van der Waals surface area contributed by atoms with Gasteiger partial charge in [0.15, 0.2) is 25.5 Å². The average molecular weight is 846 g/mol. The van der Waals surface area contributed by atoms with Crippen LogP contribution in [-0.4, -0.2) is 23.0 Å². The molecule has 0 N–H and O–H groups in total. The van der Waals surface area contributed by atoms with Crippen LogP contribution in [0.15, 0.2) is 237 Å². The number of rotatable bonds is 6. The fraction of sp³-hybridized carbons (Fsp3) is 0.0169. The zero-order chi connectivity index (χ0) is 43.4. The number of para-hydroxylation sites is 2. The number of fused-ring (bicyclic) bond motifs is 8. The van der Waals surface area contributed by atoms with Crippen molar-refractivity contribution in [1.29, 1.82) is 5.26 Å². The molecule has 0 saturated carbocycles. The van der Waals surface area contributed by atoms with Crippen molar-refractivity contribution >= 4 is 45.9 Å². The number of hydrogen-bond acceptors (Lipinski definition) is 5. The molecule has 0 fully saturated rings. The lowest BCUT2D eigenvalue weighted by molar-refractivity contribution is 0.736. The average Bonchev–Trinajstić information content (AvgIpc) is 3.39. The number of hydrogen-bond donors (Lipinski definition) is 0. The van der Waals surface area contributed by atoms with Crippen LogP contribution in [0.1, 0.15) is 27.8 Å². The molecule has 0 radical (unpaired) electrons. The van der Waals surface area contributed by atoms with Gasteiger partial charge in [-0.15, -0.1) is 0 Å². The van der Waals surface area contributed by atoms with E-state index in [4.69, 9.17) is 15.0 Å². The first-order valence-corrected chi connectivity index (χ1v) is 23.9. The number of anilines is 3. The van der Waals surface area contributed by atoms with E-state index in [0.717, 1.165) is 33.8 Å². The van der Waals surface area contributed by atoms with Gasteiger partial charge in [-0.05, 0) is 73.3 Å². The fourth-order valence-electron chi connectivity index (χ4n) is 10.7. The lowest BCUT2D eigenvalue weighted by Gasteiger charge is -2.53. The van der Waals surface area contributed by atoms with Gasteiger partial charge in [-0.1, -0.05) is 206 Å². The van der Waals surface area contributed by atoms with Gasteiger partial charge in [-0.3, -0.25) is 0 Å². The molecule has 2 aliphatic rings. The molecule has 10 aromatic rings. The Hall–Kier alpha value is -8.50. The maximum absolute atomic E-state index is 10.7. The first kappa shape index (κ1) is 38.2. The standard InChI is InChI=1S/C59H39N5Si/c60-40-41-37-44(58-62-56(42-21-5-1-6-22-42)61-57(63-58)43-23-7-2-8-24-43)39-45(38-41)64-52-33-17-13-29-48(52)59(49-30-14-18-34-53(49)64)50-31-15-19-35-54(50)65(46-25-9-3-10-26-46,47-27-11-4-12-28-47)55-36-20-16-32-51(55)59/h1-39H. The molecule has 6 heteroatoms. The van der Waals surface area contributed by atoms with E-state index in [1.807, 2.05) is 72.8 Å². The van der Waals surface area contributed by atoms with Crippen LogP contribution < -0.4 is 25.6 Å². The van der Waals surface area contributed by atoms with Gasteiger partial charge in [-0.2, -0.15) is 5.26 Å². The number of benzene rings is 9. The van der Waals surface area contributed by atoms with Crippen LogP contribution in [0.4, 0.5) is 17.1 Å². The molecular formula is C59H39N5Si. The highest BCUT2D eigenvalue weighted by Gasteiger charge is 2.57. The van der Waals surface area contributed by atoms with Crippen molar-refractivity contribution in [3.63, 3.8) is 0 Å². The van der Waals surface area contributed by atoms with Crippen LogP contribution in [0.25, 0.3) is 34.2 Å². The summed E-state index contributed by atoms with van der Waals surface area (Å²) in [4.78, 5) is 17.5. The molecular weight excluding hydrogens is 807 g/mol. The molecule has 1 spiro atoms. The Morgan fingerprint density at radius 1 is 0.385 bits per heavy atom. The van der Waals surface area contributed by atoms with Gasteiger partial charge in [0, 0.05) is 22.4 Å². The van der Waals surface area contributed by atoms with Crippen LogP contribution in [0.2, 0.25) is 0 Å². The van der Waals surface area contributed by atoms with E-state index >= 15 is 0 Å². The van der Waals surface area contributed by atoms with E-state index in [2.05, 4.69) is 175 Å². The quantitative estimate of drug-likeness (QED) is 0.156. The van der Waals surface area contributed by atoms with Crippen LogP contribution in [0.5, 0.6) is 0 Å². The summed E-state index contributed by atoms with van der Waals surface area (Å²) in [6, 6.07) is 86.9. The Morgan fingerprint density at radius 2 is 0.769 bits per heavy atom. The van der Waals surface area contributed by atoms with E-state index < -0.39 is 13.5 Å². The van der Waals surface area contributed by atoms with Crippen molar-refractivity contribution < 1.29 is 0 Å². The zero-order valence-electron chi connectivity index (χ0n) is 35.3. The lowest BCUT2D eigenvalue weighted by Crippen LogP contribution is -2.79. The zero-order valence-corrected chi connectivity index (χ0v) is 36.3. The predicted octanol–water partition coefficient (Wildman–Crippen LogP) is 10.6. The van der Waals surface area contributed by atoms with Gasteiger partial charge in [0.1, 0.15) is 0 Å². The first-order chi connectivity index (χ1) is 32.2. The van der Waals surface area contributed by atoms with Gasteiger partial charge < -0.3 is 4.90 Å². The molecule has 0 saturated heterocycles. The molecule has 0 unspecified atom stereocenters. The van der Waals surface area contributed by atoms with E-state index in [9.17, 15) is 5.26 Å². The molecule has 65 heavy (non-hydrogen) atoms. The molecule has 2 aliphatic heterocycles. The second-order valence-electron chi connectivity index (χ2n) is 16.6. The summed E-state index contributed by atoms with van der Waals surface area (Å²) < 4.78 is 0. The van der Waals surface area contributed by atoms with Crippen molar-refractivity contribution in [1.82, 2.24) is 15.0 Å². The number of aromatic nitrogens is 3. The monoisotopic (exact) mass is 845 g/mol. The van der Waals surface area contributed by atoms with E-state index in [-0.39, 0.29) is 0 Å². The molecule has 0 atom stereocenters. The minimum absolute atomic E-state index is 0.490. The normalized spacial score (nSPS) is 13.7. The van der Waals surface area contributed by atoms with E-state index in [1.54, 1.807) is 0 Å². The minimum Gasteiger partial charge on any atom is -0.310 e. The minimum atomic E-state index is -2.89. The maximum Gasteiger partial charge on any atom is 0.180 e. The Labute approximate surface area is 379 Å². The van der Waals surface area contributed by atoms with E-state index in [1.165, 1.54) is 43.0 Å². The molecule has 1 aromatic heterocycles. The lowest BCUT2D eigenvalue weighted by atomic mass is 9.62. The fourth-order valence-corrected chi connectivity index (χ4v) is 16.0. The van der Waals surface area contributed by atoms with Gasteiger partial charge in [0.2, 0.25) is 0 Å². The van der Waals surface area contributed by atoms with Gasteiger partial charge in [-0.25, -0.2) is 15.0 Å². The Morgan fingerprint density at radius 3 is 1.23 bits per heavy atom. The van der Waals surface area contributed by atoms with Crippen LogP contribution in [-0.2, 0) is 5.41 Å². The Kier molecular flexibility index (Phi) is 9.04. The predicted molar refractivity (Wildman–Crippen MR) is 265 cm³/mol. The topological polar surface area (TPSA) is 65.7 Å². The first-order valence-electron chi connectivity index (χ1n) is 21.9. The van der Waals surface area contributed by atoms with Crippen molar-refractivity contribution in [3.05, 3.63) is 264 Å². The van der Waals surface area contributed by atoms with Crippen molar-refractivity contribution in [3.8, 4) is 40.2 Å². The number of nitrogens with zero attached hydrogens (tertiary/aromatic N) is 5. The SMILES string of the molecule is N#Cc1cc(-c2nc(-c3ccccc3)nc(-c3ccccc3)n2)cc(N2c3ccccc3C3(c4ccccc42)c2ccccc2[Si](c2ccccc2)(c2ccccc2)c2ccccc23)c1. The largest absolute Gasteiger partial charge is 0.310 e. The van der Waals surface area contributed by atoms with Crippen molar-refractivity contribution in [2.45, 2.75) is 5.41 Å². The summed E-state index contributed by atoms with van der Waals surface area (Å²) in [5.41, 5.74) is 10.1. The van der Waals surface area contributed by atoms with E-state index in [0.29, 0.717) is 23.0 Å². The summed E-state index contributed by atoms with van der Waals surface area (Å²) in [5, 5.41) is 16.2. The van der Waals surface area contributed by atoms with Crippen LogP contribution in [0, 0.1) is 11.3 Å². The summed E-state index contributed by atoms with van der Waals surface area (Å²) in [6.45, 7) is 0. The molecule has 9 aromatic carbocycles. The van der Waals surface area contributed by atoms with Gasteiger partial charge in [0.05, 0.1) is 28.4 Å². The second-order valence-corrected chi connectivity index (χ2v) is 20.3. The Bertz CT molecular complexity index is 3260. The summed E-state index contributed by atoms with van der Waals surface area (Å²) in [7, 11) is -2.89. The highest BCUT2D eigenvalue weighted by Crippen LogP contribution is 2.58. The third kappa shape index (κ3) is 5.80. The molecule has 12 rings (SSSR count). The molecule has 304 valence electrons. The third-order valence-electron chi connectivity index (χ3n) is 13.2. The highest BCUT2D eigenvalue weighted by atomic mass is 28.3. The van der Waals surface area contributed by atoms with Gasteiger partial charge >= 0.3 is 0 Å². The highest BCUT2D eigenvalue weighted by molar-refractivity contribution is 7.20. The second kappa shape index (κ2) is 15.4. The van der Waals surface area contributed by atoms with Crippen LogP contribution >= 0.6 is 0 Å². The van der Waals surface area contributed by atoms with Crippen molar-refractivity contribution in [2.75, 3.05) is 4.90 Å². The summed E-state index contributed by atoms with van der Waals surface area (Å²) in [5.74, 6) is 1.62. The van der Waals surface area contributed by atoms with Gasteiger partial charge in [0.25, 0.3) is 0 Å². The number of nitriles is 1. The summed E-state index contributed by atoms with van der Waals surface area (Å²) in [6.07, 6.45) is 0. The molecule has 3 heterocycles. The van der Waals surface area contributed by atoms with Crippen LogP contribution in [0.3, 0.4) is 0 Å². The molecule has 5 nitrogen and oxygen atoms in total. The molecule has 0 amide bonds. The summed E-state index contributed by atoms with van der Waals surface area (Å²) >= 11 is 0.